The SMILES string of the molecule is CC(C)OC(=O)c1cccc(NC(=O)c2cncc(Br)c2)c1. The van der Waals surface area contributed by atoms with Crippen molar-refractivity contribution >= 4 is 33.5 Å². The third-order valence-electron chi connectivity index (χ3n) is 2.67. The van der Waals surface area contributed by atoms with Gasteiger partial charge >= 0.3 is 5.97 Å². The van der Waals surface area contributed by atoms with Gasteiger partial charge in [-0.3, -0.25) is 9.78 Å². The third-order valence-corrected chi connectivity index (χ3v) is 3.10. The van der Waals surface area contributed by atoms with E-state index >= 15 is 0 Å². The van der Waals surface area contributed by atoms with Gasteiger partial charge in [0.05, 0.1) is 17.2 Å². The Kier molecular flexibility index (Phi) is 5.27. The lowest BCUT2D eigenvalue weighted by molar-refractivity contribution is 0.0378. The smallest absolute Gasteiger partial charge is 0.338 e. The topological polar surface area (TPSA) is 68.3 Å². The maximum atomic E-state index is 12.1. The minimum Gasteiger partial charge on any atom is -0.459 e. The van der Waals surface area contributed by atoms with Crippen LogP contribution in [0.3, 0.4) is 0 Å². The molecule has 1 heterocycles. The largest absolute Gasteiger partial charge is 0.459 e. The molecule has 6 heteroatoms. The number of hydrogen-bond acceptors (Lipinski definition) is 4. The lowest BCUT2D eigenvalue weighted by Crippen LogP contribution is -2.14. The second-order valence-electron chi connectivity index (χ2n) is 4.88. The van der Waals surface area contributed by atoms with E-state index in [4.69, 9.17) is 4.74 Å². The van der Waals surface area contributed by atoms with Gasteiger partial charge in [-0.05, 0) is 54.0 Å². The van der Waals surface area contributed by atoms with Crippen LogP contribution >= 0.6 is 15.9 Å². The fraction of sp³-hybridized carbons (Fsp3) is 0.188. The van der Waals surface area contributed by atoms with Gasteiger partial charge in [-0.2, -0.15) is 0 Å². The standard InChI is InChI=1S/C16H15BrN2O3/c1-10(2)22-16(21)11-4-3-5-14(7-11)19-15(20)12-6-13(17)9-18-8-12/h3-10H,1-2H3,(H,19,20). The Morgan fingerprint density at radius 2 is 1.95 bits per heavy atom. The maximum absolute atomic E-state index is 12.1. The molecule has 5 nitrogen and oxygen atoms in total. The molecule has 2 aromatic rings. The summed E-state index contributed by atoms with van der Waals surface area (Å²) in [5, 5.41) is 2.73. The molecule has 0 spiro atoms. The summed E-state index contributed by atoms with van der Waals surface area (Å²) in [6, 6.07) is 8.27. The van der Waals surface area contributed by atoms with Gasteiger partial charge in [-0.1, -0.05) is 6.07 Å². The lowest BCUT2D eigenvalue weighted by atomic mass is 10.2. The van der Waals surface area contributed by atoms with Gasteiger partial charge < -0.3 is 10.1 Å². The number of carbonyl (C=O) groups excluding carboxylic acids is 2. The number of nitrogens with zero attached hydrogens (tertiary/aromatic N) is 1. The number of anilines is 1. The van der Waals surface area contributed by atoms with Crippen LogP contribution in [0.2, 0.25) is 0 Å². The highest BCUT2D eigenvalue weighted by Gasteiger charge is 2.11. The van der Waals surface area contributed by atoms with Gasteiger partial charge in [0.15, 0.2) is 0 Å². The highest BCUT2D eigenvalue weighted by atomic mass is 79.9. The molecule has 1 amide bonds. The predicted octanol–water partition coefficient (Wildman–Crippen LogP) is 3.66. The van der Waals surface area contributed by atoms with E-state index in [9.17, 15) is 9.59 Å². The summed E-state index contributed by atoms with van der Waals surface area (Å²) in [4.78, 5) is 27.9. The van der Waals surface area contributed by atoms with E-state index in [1.165, 1.54) is 6.20 Å². The predicted molar refractivity (Wildman–Crippen MR) is 86.9 cm³/mol. The molecule has 0 unspecified atom stereocenters. The molecule has 2 rings (SSSR count). The molecular formula is C16H15BrN2O3. The van der Waals surface area contributed by atoms with Crippen molar-refractivity contribution in [3.8, 4) is 0 Å². The first kappa shape index (κ1) is 16.2. The number of hydrogen-bond donors (Lipinski definition) is 1. The van der Waals surface area contributed by atoms with Crippen LogP contribution in [0.1, 0.15) is 34.6 Å². The van der Waals surface area contributed by atoms with Crippen LogP contribution in [0, 0.1) is 0 Å². The highest BCUT2D eigenvalue weighted by molar-refractivity contribution is 9.10. The number of pyridine rings is 1. The highest BCUT2D eigenvalue weighted by Crippen LogP contribution is 2.15. The number of nitrogens with one attached hydrogen (secondary N) is 1. The molecule has 0 aliphatic carbocycles. The Bertz CT molecular complexity index is 701. The number of carbonyl (C=O) groups is 2. The van der Waals surface area contributed by atoms with Gasteiger partial charge in [0.1, 0.15) is 0 Å². The van der Waals surface area contributed by atoms with Crippen LogP contribution < -0.4 is 5.32 Å². The molecule has 0 saturated heterocycles. The second-order valence-corrected chi connectivity index (χ2v) is 5.80. The summed E-state index contributed by atoms with van der Waals surface area (Å²) < 4.78 is 5.85. The van der Waals surface area contributed by atoms with Crippen LogP contribution in [0.4, 0.5) is 5.69 Å². The molecule has 22 heavy (non-hydrogen) atoms. The monoisotopic (exact) mass is 362 g/mol. The molecule has 0 saturated carbocycles. The molecule has 114 valence electrons. The first-order valence-electron chi connectivity index (χ1n) is 6.68. The zero-order valence-corrected chi connectivity index (χ0v) is 13.8. The Morgan fingerprint density at radius 1 is 1.18 bits per heavy atom. The average Bonchev–Trinajstić information content (AvgIpc) is 2.47. The van der Waals surface area contributed by atoms with Gasteiger partial charge in [0.2, 0.25) is 0 Å². The van der Waals surface area contributed by atoms with Crippen molar-refractivity contribution in [2.24, 2.45) is 0 Å². The van der Waals surface area contributed by atoms with Crippen LogP contribution in [0.5, 0.6) is 0 Å². The number of benzene rings is 1. The normalized spacial score (nSPS) is 10.4. The fourth-order valence-corrected chi connectivity index (χ4v) is 2.11. The van der Waals surface area contributed by atoms with Crippen molar-refractivity contribution in [3.63, 3.8) is 0 Å². The van der Waals surface area contributed by atoms with Crippen LogP contribution in [-0.4, -0.2) is 23.0 Å². The van der Waals surface area contributed by atoms with Gasteiger partial charge in [0.25, 0.3) is 5.91 Å². The molecule has 1 N–H and O–H groups in total. The number of rotatable bonds is 4. The van der Waals surface area contributed by atoms with E-state index in [1.807, 2.05) is 0 Å². The van der Waals surface area contributed by atoms with E-state index in [-0.39, 0.29) is 12.0 Å². The number of aromatic nitrogens is 1. The molecule has 1 aromatic carbocycles. The van der Waals surface area contributed by atoms with Crippen LogP contribution in [-0.2, 0) is 4.74 Å². The van der Waals surface area contributed by atoms with E-state index in [2.05, 4.69) is 26.2 Å². The van der Waals surface area contributed by atoms with Gasteiger partial charge in [-0.25, -0.2) is 4.79 Å². The van der Waals surface area contributed by atoms with Crippen LogP contribution in [0.25, 0.3) is 0 Å². The third kappa shape index (κ3) is 4.39. The molecular weight excluding hydrogens is 348 g/mol. The minimum atomic E-state index is -0.421. The van der Waals surface area contributed by atoms with Gasteiger partial charge in [0, 0.05) is 22.6 Å². The fourth-order valence-electron chi connectivity index (χ4n) is 1.75. The number of amides is 1. The van der Waals surface area contributed by atoms with Crippen molar-refractivity contribution < 1.29 is 14.3 Å². The number of esters is 1. The molecule has 0 atom stereocenters. The van der Waals surface area contributed by atoms with Crippen molar-refractivity contribution in [1.29, 1.82) is 0 Å². The quantitative estimate of drug-likeness (QED) is 0.842. The molecule has 1 aromatic heterocycles. The summed E-state index contributed by atoms with van der Waals surface area (Å²) in [5.41, 5.74) is 1.33. The average molecular weight is 363 g/mol. The number of halogens is 1. The Morgan fingerprint density at radius 3 is 2.64 bits per heavy atom. The summed E-state index contributed by atoms with van der Waals surface area (Å²) in [7, 11) is 0. The second kappa shape index (κ2) is 7.17. The molecule has 0 aliphatic heterocycles. The van der Waals surface area contributed by atoms with Gasteiger partial charge in [-0.15, -0.1) is 0 Å². The molecule has 0 fully saturated rings. The van der Waals surface area contributed by atoms with Crippen molar-refractivity contribution in [3.05, 3.63) is 58.3 Å². The maximum Gasteiger partial charge on any atom is 0.338 e. The first-order valence-corrected chi connectivity index (χ1v) is 7.48. The summed E-state index contributed by atoms with van der Waals surface area (Å²) in [5.74, 6) is -0.724. The number of ether oxygens (including phenoxy) is 1. The van der Waals surface area contributed by atoms with Crippen LogP contribution in [0.15, 0.2) is 47.2 Å². The van der Waals surface area contributed by atoms with E-state index in [0.717, 1.165) is 4.47 Å². The summed E-state index contributed by atoms with van der Waals surface area (Å²) in [6.07, 6.45) is 2.87. The zero-order chi connectivity index (χ0) is 16.1. The minimum absolute atomic E-state index is 0.196. The molecule has 0 radical (unpaired) electrons. The first-order chi connectivity index (χ1) is 10.5. The Hall–Kier alpha value is -2.21. The van der Waals surface area contributed by atoms with Crippen molar-refractivity contribution in [1.82, 2.24) is 4.98 Å². The molecule has 0 aliphatic rings. The van der Waals surface area contributed by atoms with Crippen molar-refractivity contribution in [2.45, 2.75) is 20.0 Å². The van der Waals surface area contributed by atoms with E-state index in [1.54, 1.807) is 50.4 Å². The van der Waals surface area contributed by atoms with Crippen molar-refractivity contribution in [2.75, 3.05) is 5.32 Å². The lowest BCUT2D eigenvalue weighted by Gasteiger charge is -2.10. The molecule has 0 bridgehead atoms. The van der Waals surface area contributed by atoms with E-state index < -0.39 is 5.97 Å². The van der Waals surface area contributed by atoms with E-state index in [0.29, 0.717) is 16.8 Å². The summed E-state index contributed by atoms with van der Waals surface area (Å²) in [6.45, 7) is 3.56. The zero-order valence-electron chi connectivity index (χ0n) is 12.2. The summed E-state index contributed by atoms with van der Waals surface area (Å²) >= 11 is 3.27. The Labute approximate surface area is 136 Å². The Balaban J connectivity index is 2.13.